The molecule has 0 spiro atoms. The smallest absolute Gasteiger partial charge is 0.385 e. The molecule has 2 nitrogen and oxygen atoms in total. The second-order valence-corrected chi connectivity index (χ2v) is 2.39. The quantitative estimate of drug-likeness (QED) is 0.669. The molecule has 7 heteroatoms. The maximum Gasteiger partial charge on any atom is 0.574 e. The molecular formula is C7H4F5NO. The summed E-state index contributed by atoms with van der Waals surface area (Å²) in [4.78, 5) is 2.97. The zero-order chi connectivity index (χ0) is 10.9. The van der Waals surface area contributed by atoms with Crippen molar-refractivity contribution in [1.29, 1.82) is 0 Å². The van der Waals surface area contributed by atoms with E-state index in [9.17, 15) is 22.0 Å². The minimum absolute atomic E-state index is 0.281. The number of aromatic nitrogens is 1. The van der Waals surface area contributed by atoms with Gasteiger partial charge in [0.25, 0.3) is 5.88 Å². The van der Waals surface area contributed by atoms with E-state index in [2.05, 4.69) is 9.72 Å². The van der Waals surface area contributed by atoms with Gasteiger partial charge in [-0.25, -0.2) is 13.8 Å². The highest BCUT2D eigenvalue weighted by Crippen LogP contribution is 2.24. The van der Waals surface area contributed by atoms with E-state index in [1.54, 1.807) is 0 Å². The van der Waals surface area contributed by atoms with Gasteiger partial charge in [0.05, 0.1) is 5.69 Å². The van der Waals surface area contributed by atoms with Crippen LogP contribution in [0.25, 0.3) is 0 Å². The second kappa shape index (κ2) is 3.39. The molecule has 0 aliphatic heterocycles. The fraction of sp³-hybridized carbons (Fsp3) is 0.286. The van der Waals surface area contributed by atoms with Gasteiger partial charge >= 0.3 is 6.36 Å². The van der Waals surface area contributed by atoms with Gasteiger partial charge in [0.15, 0.2) is 5.82 Å². The first kappa shape index (κ1) is 10.7. The number of pyridine rings is 1. The van der Waals surface area contributed by atoms with Crippen LogP contribution in [0.2, 0.25) is 0 Å². The molecule has 0 amide bonds. The molecule has 0 saturated heterocycles. The van der Waals surface area contributed by atoms with Gasteiger partial charge in [-0.05, 0) is 6.92 Å². The second-order valence-electron chi connectivity index (χ2n) is 2.39. The molecule has 1 heterocycles. The van der Waals surface area contributed by atoms with Gasteiger partial charge in [-0.2, -0.15) is 0 Å². The first-order valence-electron chi connectivity index (χ1n) is 3.38. The van der Waals surface area contributed by atoms with E-state index in [0.29, 0.717) is 0 Å². The van der Waals surface area contributed by atoms with Crippen molar-refractivity contribution in [2.45, 2.75) is 13.3 Å². The standard InChI is InChI=1S/C7H4F5NO/c1-3-4(8)2-5(9)6(13-3)14-7(10,11)12/h2H,1H3. The lowest BCUT2D eigenvalue weighted by atomic mass is 10.3. The summed E-state index contributed by atoms with van der Waals surface area (Å²) in [5, 5.41) is 0. The maximum absolute atomic E-state index is 12.6. The molecule has 0 fully saturated rings. The highest BCUT2D eigenvalue weighted by atomic mass is 19.4. The van der Waals surface area contributed by atoms with Gasteiger partial charge in [-0.3, -0.25) is 0 Å². The van der Waals surface area contributed by atoms with Crippen molar-refractivity contribution in [3.05, 3.63) is 23.4 Å². The van der Waals surface area contributed by atoms with Crippen molar-refractivity contribution in [3.63, 3.8) is 0 Å². The Bertz CT molecular complexity index is 349. The Kier molecular flexibility index (Phi) is 2.59. The van der Waals surface area contributed by atoms with Gasteiger partial charge in [0.2, 0.25) is 0 Å². The zero-order valence-corrected chi connectivity index (χ0v) is 6.82. The minimum atomic E-state index is -5.04. The lowest BCUT2D eigenvalue weighted by Gasteiger charge is -2.09. The van der Waals surface area contributed by atoms with E-state index < -0.39 is 23.9 Å². The number of nitrogens with zero attached hydrogens (tertiary/aromatic N) is 1. The third-order valence-corrected chi connectivity index (χ3v) is 1.29. The van der Waals surface area contributed by atoms with Gasteiger partial charge < -0.3 is 4.74 Å². The summed E-state index contributed by atoms with van der Waals surface area (Å²) >= 11 is 0. The molecule has 0 bridgehead atoms. The number of ether oxygens (including phenoxy) is 1. The Morgan fingerprint density at radius 2 is 1.79 bits per heavy atom. The summed E-state index contributed by atoms with van der Waals surface area (Å²) in [6, 6.07) is 0.281. The van der Waals surface area contributed by atoms with Gasteiger partial charge in [0.1, 0.15) is 5.82 Å². The van der Waals surface area contributed by atoms with Crippen LogP contribution in [0.1, 0.15) is 5.69 Å². The molecule has 0 aromatic carbocycles. The predicted molar refractivity (Wildman–Crippen MR) is 35.6 cm³/mol. The van der Waals surface area contributed by atoms with E-state index in [0.717, 1.165) is 6.92 Å². The summed E-state index contributed by atoms with van der Waals surface area (Å²) in [6.45, 7) is 1.10. The van der Waals surface area contributed by atoms with Crippen LogP contribution >= 0.6 is 0 Å². The molecule has 1 aromatic rings. The fourth-order valence-corrected chi connectivity index (χ4v) is 0.718. The minimum Gasteiger partial charge on any atom is -0.385 e. The fourth-order valence-electron chi connectivity index (χ4n) is 0.718. The zero-order valence-electron chi connectivity index (χ0n) is 6.82. The molecule has 0 atom stereocenters. The van der Waals surface area contributed by atoms with Crippen LogP contribution in [0.4, 0.5) is 22.0 Å². The largest absolute Gasteiger partial charge is 0.574 e. The molecule has 0 N–H and O–H groups in total. The van der Waals surface area contributed by atoms with E-state index in [1.165, 1.54) is 0 Å². The number of alkyl halides is 3. The van der Waals surface area contributed by atoms with Crippen LogP contribution in [0.3, 0.4) is 0 Å². The third-order valence-electron chi connectivity index (χ3n) is 1.29. The summed E-state index contributed by atoms with van der Waals surface area (Å²) in [5.41, 5.74) is -0.370. The lowest BCUT2D eigenvalue weighted by Crippen LogP contribution is -2.19. The number of rotatable bonds is 1. The lowest BCUT2D eigenvalue weighted by molar-refractivity contribution is -0.277. The molecule has 14 heavy (non-hydrogen) atoms. The van der Waals surface area contributed by atoms with Crippen LogP contribution in [0, 0.1) is 18.6 Å². The molecule has 0 radical (unpaired) electrons. The average Bonchev–Trinajstić information content (AvgIpc) is 1.97. The maximum atomic E-state index is 12.6. The monoisotopic (exact) mass is 213 g/mol. The van der Waals surface area contributed by atoms with Gasteiger partial charge in [-0.15, -0.1) is 13.2 Å². The normalized spacial score (nSPS) is 11.6. The highest BCUT2D eigenvalue weighted by molar-refractivity contribution is 5.19. The van der Waals surface area contributed by atoms with Crippen molar-refractivity contribution in [2.75, 3.05) is 0 Å². The van der Waals surface area contributed by atoms with E-state index in [1.807, 2.05) is 0 Å². The van der Waals surface area contributed by atoms with Crippen LogP contribution in [-0.4, -0.2) is 11.3 Å². The van der Waals surface area contributed by atoms with Crippen molar-refractivity contribution < 1.29 is 26.7 Å². The summed E-state index contributed by atoms with van der Waals surface area (Å²) in [6.07, 6.45) is -5.04. The number of halogens is 5. The van der Waals surface area contributed by atoms with Gasteiger partial charge in [-0.1, -0.05) is 0 Å². The Hall–Kier alpha value is -1.40. The molecule has 0 saturated carbocycles. The third kappa shape index (κ3) is 2.54. The van der Waals surface area contributed by atoms with Crippen LogP contribution in [-0.2, 0) is 0 Å². The molecule has 78 valence electrons. The van der Waals surface area contributed by atoms with E-state index in [-0.39, 0.29) is 11.8 Å². The molecule has 0 unspecified atom stereocenters. The topological polar surface area (TPSA) is 22.1 Å². The van der Waals surface area contributed by atoms with E-state index in [4.69, 9.17) is 0 Å². The Labute approximate surface area is 75.3 Å². The first-order valence-corrected chi connectivity index (χ1v) is 3.38. The van der Waals surface area contributed by atoms with Crippen molar-refractivity contribution in [3.8, 4) is 5.88 Å². The highest BCUT2D eigenvalue weighted by Gasteiger charge is 2.33. The SMILES string of the molecule is Cc1nc(OC(F)(F)F)c(F)cc1F. The summed E-state index contributed by atoms with van der Waals surface area (Å²) in [5.74, 6) is -3.81. The number of hydrogen-bond donors (Lipinski definition) is 0. The van der Waals surface area contributed by atoms with Gasteiger partial charge in [0, 0.05) is 6.07 Å². The Morgan fingerprint density at radius 3 is 2.29 bits per heavy atom. The van der Waals surface area contributed by atoms with Crippen molar-refractivity contribution in [2.24, 2.45) is 0 Å². The number of aryl methyl sites for hydroxylation is 1. The Morgan fingerprint density at radius 1 is 1.21 bits per heavy atom. The van der Waals surface area contributed by atoms with Crippen molar-refractivity contribution >= 4 is 0 Å². The van der Waals surface area contributed by atoms with Crippen LogP contribution in [0.5, 0.6) is 5.88 Å². The summed E-state index contributed by atoms with van der Waals surface area (Å²) in [7, 11) is 0. The number of hydrogen-bond acceptors (Lipinski definition) is 2. The van der Waals surface area contributed by atoms with Crippen LogP contribution < -0.4 is 4.74 Å². The molecule has 0 aliphatic carbocycles. The molecule has 1 aromatic heterocycles. The molecular weight excluding hydrogens is 209 g/mol. The average molecular weight is 213 g/mol. The predicted octanol–water partition coefficient (Wildman–Crippen LogP) is 2.57. The summed E-state index contributed by atoms with van der Waals surface area (Å²) < 4.78 is 63.3. The first-order chi connectivity index (χ1) is 6.29. The Balaban J connectivity index is 3.04. The van der Waals surface area contributed by atoms with Crippen LogP contribution in [0.15, 0.2) is 6.07 Å². The molecule has 0 aliphatic rings. The van der Waals surface area contributed by atoms with E-state index >= 15 is 0 Å². The van der Waals surface area contributed by atoms with Crippen molar-refractivity contribution in [1.82, 2.24) is 4.98 Å². The molecule has 1 rings (SSSR count).